The van der Waals surface area contributed by atoms with Crippen LogP contribution in [0.25, 0.3) is 0 Å². The molecule has 0 spiro atoms. The van der Waals surface area contributed by atoms with Gasteiger partial charge in [0.1, 0.15) is 18.2 Å². The Bertz CT molecular complexity index is 1030. The van der Waals surface area contributed by atoms with Gasteiger partial charge in [-0.2, -0.15) is 26.3 Å². The van der Waals surface area contributed by atoms with Crippen LogP contribution >= 0.6 is 0 Å². The lowest BCUT2D eigenvalue weighted by atomic mass is 10.1. The van der Waals surface area contributed by atoms with E-state index >= 15 is 0 Å². The van der Waals surface area contributed by atoms with Crippen molar-refractivity contribution in [1.82, 2.24) is 19.8 Å². The highest BCUT2D eigenvalue weighted by atomic mass is 19.4. The van der Waals surface area contributed by atoms with Crippen molar-refractivity contribution in [2.75, 3.05) is 33.3 Å². The SMILES string of the molecule is COc1ccc(CN2CCN3C[C@@H](Oc4cncnc4)C[C@@H]3C2)cc1.O=C(O)C(F)(F)F.O=C(O)C(F)(F)F. The molecule has 0 aliphatic carbocycles. The summed E-state index contributed by atoms with van der Waals surface area (Å²) in [6.45, 7) is 5.29. The van der Waals surface area contributed by atoms with Gasteiger partial charge in [-0.25, -0.2) is 19.6 Å². The number of alkyl halides is 6. The quantitative estimate of drug-likeness (QED) is 0.520. The number of methoxy groups -OCH3 is 1. The molecule has 1 aromatic carbocycles. The fraction of sp³-hybridized carbons (Fsp3) is 0.478. The molecule has 3 heterocycles. The van der Waals surface area contributed by atoms with E-state index in [0.29, 0.717) is 6.04 Å². The van der Waals surface area contributed by atoms with Crippen molar-refractivity contribution in [3.8, 4) is 11.5 Å². The van der Waals surface area contributed by atoms with E-state index in [-0.39, 0.29) is 6.10 Å². The Morgan fingerprint density at radius 1 is 0.923 bits per heavy atom. The number of benzene rings is 1. The Morgan fingerprint density at radius 3 is 1.95 bits per heavy atom. The Hall–Kier alpha value is -3.66. The first-order chi connectivity index (χ1) is 18.2. The highest BCUT2D eigenvalue weighted by Crippen LogP contribution is 2.26. The highest BCUT2D eigenvalue weighted by molar-refractivity contribution is 5.73. The maximum absolute atomic E-state index is 10.6. The summed E-state index contributed by atoms with van der Waals surface area (Å²) in [7, 11) is 1.70. The van der Waals surface area contributed by atoms with E-state index in [1.807, 2.05) is 12.1 Å². The molecule has 2 fully saturated rings. The number of carboxylic acid groups (broad SMARTS) is 2. The molecular weight excluding hydrogens is 542 g/mol. The van der Waals surface area contributed by atoms with Gasteiger partial charge in [-0.3, -0.25) is 9.80 Å². The van der Waals surface area contributed by atoms with Crippen molar-refractivity contribution in [3.05, 3.63) is 48.5 Å². The van der Waals surface area contributed by atoms with Crippen molar-refractivity contribution in [1.29, 1.82) is 0 Å². The zero-order valence-corrected chi connectivity index (χ0v) is 20.5. The first kappa shape index (κ1) is 31.6. The molecule has 2 aliphatic rings. The van der Waals surface area contributed by atoms with Crippen LogP contribution in [0.15, 0.2) is 43.0 Å². The molecule has 2 saturated heterocycles. The van der Waals surface area contributed by atoms with Crippen molar-refractivity contribution in [3.63, 3.8) is 0 Å². The minimum atomic E-state index is -5.08. The lowest BCUT2D eigenvalue weighted by Crippen LogP contribution is -2.49. The molecule has 16 heteroatoms. The highest BCUT2D eigenvalue weighted by Gasteiger charge is 2.39. The van der Waals surface area contributed by atoms with Crippen LogP contribution in [-0.2, 0) is 16.1 Å². The van der Waals surface area contributed by atoms with Gasteiger partial charge in [0.05, 0.1) is 19.5 Å². The average Bonchev–Trinajstić information content (AvgIpc) is 3.26. The van der Waals surface area contributed by atoms with Crippen molar-refractivity contribution >= 4 is 11.9 Å². The molecule has 2 atom stereocenters. The number of nitrogens with zero attached hydrogens (tertiary/aromatic N) is 4. The van der Waals surface area contributed by atoms with Gasteiger partial charge in [-0.1, -0.05) is 12.1 Å². The molecule has 216 valence electrons. The van der Waals surface area contributed by atoms with Crippen LogP contribution in [0.1, 0.15) is 12.0 Å². The molecule has 2 aliphatic heterocycles. The van der Waals surface area contributed by atoms with Crippen LogP contribution < -0.4 is 9.47 Å². The van der Waals surface area contributed by atoms with Crippen molar-refractivity contribution < 1.29 is 55.6 Å². The third-order valence-electron chi connectivity index (χ3n) is 5.55. The molecule has 10 nitrogen and oxygen atoms in total. The number of fused-ring (bicyclic) bond motifs is 1. The minimum absolute atomic E-state index is 0.233. The van der Waals surface area contributed by atoms with Crippen LogP contribution in [0.5, 0.6) is 11.5 Å². The number of aliphatic carboxylic acids is 2. The average molecular weight is 568 g/mol. The van der Waals surface area contributed by atoms with Gasteiger partial charge in [-0.15, -0.1) is 0 Å². The largest absolute Gasteiger partial charge is 0.497 e. The number of carbonyl (C=O) groups is 2. The van der Waals surface area contributed by atoms with Gasteiger partial charge >= 0.3 is 24.3 Å². The second-order valence-corrected chi connectivity index (χ2v) is 8.39. The molecule has 2 N–H and O–H groups in total. The number of rotatable bonds is 5. The van der Waals surface area contributed by atoms with E-state index in [1.165, 1.54) is 11.9 Å². The van der Waals surface area contributed by atoms with Gasteiger partial charge in [0.2, 0.25) is 0 Å². The zero-order chi connectivity index (χ0) is 29.2. The number of hydrogen-bond acceptors (Lipinski definition) is 8. The molecule has 0 amide bonds. The summed E-state index contributed by atoms with van der Waals surface area (Å²) in [5.41, 5.74) is 1.33. The van der Waals surface area contributed by atoms with Gasteiger partial charge in [-0.05, 0) is 17.7 Å². The van der Waals surface area contributed by atoms with Gasteiger partial charge in [0, 0.05) is 45.2 Å². The number of piperazine rings is 1. The topological polar surface area (TPSA) is 125 Å². The van der Waals surface area contributed by atoms with Crippen molar-refractivity contribution in [2.45, 2.75) is 37.5 Å². The summed E-state index contributed by atoms with van der Waals surface area (Å²) in [6.07, 6.45) is -3.87. The number of ether oxygens (including phenoxy) is 2. The molecule has 0 bridgehead atoms. The number of aromatic nitrogens is 2. The molecule has 4 rings (SSSR count). The Morgan fingerprint density at radius 2 is 1.46 bits per heavy atom. The van der Waals surface area contributed by atoms with Crippen molar-refractivity contribution in [2.24, 2.45) is 0 Å². The summed E-state index contributed by atoms with van der Waals surface area (Å²) >= 11 is 0. The Balaban J connectivity index is 0.000000317. The van der Waals surface area contributed by atoms with E-state index in [4.69, 9.17) is 29.3 Å². The fourth-order valence-corrected chi connectivity index (χ4v) is 3.82. The standard InChI is InChI=1S/C19H24N4O2.2C2HF3O2/c1-24-17-4-2-15(3-5-17)11-22-6-7-23-13-18(8-16(23)12-22)25-19-9-20-14-21-10-19;2*3-2(4,5)1(6)7/h2-5,9-10,14,16,18H,6-8,11-13H2,1H3;2*(H,6,7)/t16-,18+;;/m1../s1. The van der Waals surface area contributed by atoms with Crippen LogP contribution in [-0.4, -0.2) is 99.7 Å². The fourth-order valence-electron chi connectivity index (χ4n) is 3.82. The second kappa shape index (κ2) is 13.9. The molecule has 0 unspecified atom stereocenters. The first-order valence-electron chi connectivity index (χ1n) is 11.3. The maximum Gasteiger partial charge on any atom is 0.490 e. The van der Waals surface area contributed by atoms with Crippen LogP contribution in [0.3, 0.4) is 0 Å². The summed E-state index contributed by atoms with van der Waals surface area (Å²) in [6, 6.07) is 8.95. The third kappa shape index (κ3) is 10.9. The van der Waals surface area contributed by atoms with E-state index in [9.17, 15) is 26.3 Å². The van der Waals surface area contributed by atoms with Crippen LogP contribution in [0, 0.1) is 0 Å². The predicted octanol–water partition coefficient (Wildman–Crippen LogP) is 3.09. The maximum atomic E-state index is 10.6. The Kier molecular flexibility index (Phi) is 11.3. The monoisotopic (exact) mass is 568 g/mol. The van der Waals surface area contributed by atoms with E-state index in [2.05, 4.69) is 31.9 Å². The number of halogens is 6. The smallest absolute Gasteiger partial charge is 0.490 e. The molecule has 2 aromatic rings. The third-order valence-corrected chi connectivity index (χ3v) is 5.55. The number of hydrogen-bond donors (Lipinski definition) is 2. The zero-order valence-electron chi connectivity index (χ0n) is 20.5. The molecule has 0 saturated carbocycles. The van der Waals surface area contributed by atoms with Gasteiger partial charge in [0.15, 0.2) is 5.75 Å². The lowest BCUT2D eigenvalue weighted by Gasteiger charge is -2.37. The first-order valence-corrected chi connectivity index (χ1v) is 11.3. The van der Waals surface area contributed by atoms with E-state index in [1.54, 1.807) is 19.5 Å². The van der Waals surface area contributed by atoms with Crippen LogP contribution in [0.4, 0.5) is 26.3 Å². The van der Waals surface area contributed by atoms with Crippen LogP contribution in [0.2, 0.25) is 0 Å². The van der Waals surface area contributed by atoms with E-state index in [0.717, 1.165) is 50.6 Å². The summed E-state index contributed by atoms with van der Waals surface area (Å²) in [5, 5.41) is 14.2. The molecule has 39 heavy (non-hydrogen) atoms. The Labute approximate surface area is 218 Å². The normalized spacial score (nSPS) is 19.5. The molecular formula is C23H26F6N4O6. The predicted molar refractivity (Wildman–Crippen MR) is 122 cm³/mol. The molecule has 0 radical (unpaired) electrons. The summed E-state index contributed by atoms with van der Waals surface area (Å²) in [4.78, 5) is 30.9. The van der Waals surface area contributed by atoms with Gasteiger partial charge in [0.25, 0.3) is 0 Å². The summed E-state index contributed by atoms with van der Waals surface area (Å²) in [5.74, 6) is -3.84. The lowest BCUT2D eigenvalue weighted by molar-refractivity contribution is -0.193. The second-order valence-electron chi connectivity index (χ2n) is 8.39. The summed E-state index contributed by atoms with van der Waals surface area (Å²) < 4.78 is 74.8. The van der Waals surface area contributed by atoms with E-state index < -0.39 is 24.3 Å². The minimum Gasteiger partial charge on any atom is -0.497 e. The molecule has 1 aromatic heterocycles. The number of carboxylic acids is 2. The van der Waals surface area contributed by atoms with Gasteiger partial charge < -0.3 is 19.7 Å².